The molecule has 0 bridgehead atoms. The van der Waals surface area contributed by atoms with Gasteiger partial charge in [-0.25, -0.2) is 0 Å². The zero-order valence-corrected chi connectivity index (χ0v) is 19.0. The molecule has 0 aliphatic carbocycles. The Bertz CT molecular complexity index is 1300. The largest absolute Gasteiger partial charge is 0.355 e. The second-order valence-corrected chi connectivity index (χ2v) is 8.79. The molecule has 1 aliphatic heterocycles. The van der Waals surface area contributed by atoms with Crippen molar-refractivity contribution in [3.63, 3.8) is 0 Å². The maximum Gasteiger partial charge on any atom is 0.251 e. The van der Waals surface area contributed by atoms with Gasteiger partial charge in [0.05, 0.1) is 0 Å². The second kappa shape index (κ2) is 9.47. The van der Waals surface area contributed by atoms with E-state index in [0.29, 0.717) is 12.1 Å². The number of carbonyl (C=O) groups is 1. The molecule has 5 rings (SSSR count). The summed E-state index contributed by atoms with van der Waals surface area (Å²) in [5.41, 5.74) is 6.67. The first-order chi connectivity index (χ1) is 16.2. The third-order valence-electron chi connectivity index (χ3n) is 6.33. The molecule has 0 radical (unpaired) electrons. The molecule has 0 atom stereocenters. The third-order valence-corrected chi connectivity index (χ3v) is 6.33. The predicted molar refractivity (Wildman–Crippen MR) is 136 cm³/mol. The number of hydrogen-bond donors (Lipinski definition) is 2. The molecule has 1 amide bonds. The highest BCUT2D eigenvalue weighted by molar-refractivity contribution is 5.98. The molecule has 33 heavy (non-hydrogen) atoms. The van der Waals surface area contributed by atoms with Gasteiger partial charge in [0, 0.05) is 48.5 Å². The van der Waals surface area contributed by atoms with Crippen LogP contribution in [-0.2, 0) is 13.0 Å². The van der Waals surface area contributed by atoms with Gasteiger partial charge in [-0.3, -0.25) is 9.69 Å². The molecule has 4 heteroatoms. The van der Waals surface area contributed by atoms with Gasteiger partial charge in [-0.1, -0.05) is 60.7 Å². The van der Waals surface area contributed by atoms with Gasteiger partial charge in [0.1, 0.15) is 0 Å². The summed E-state index contributed by atoms with van der Waals surface area (Å²) in [7, 11) is 0. The van der Waals surface area contributed by atoms with Crippen molar-refractivity contribution < 1.29 is 4.79 Å². The van der Waals surface area contributed by atoms with Crippen molar-refractivity contribution in [3.8, 4) is 0 Å². The minimum atomic E-state index is -0.0369. The van der Waals surface area contributed by atoms with Crippen LogP contribution in [0.1, 0.15) is 27.0 Å². The SMILES string of the molecule is Cc1cc(Nc2cccc(C(=O)NCCN3CCc4ccccc4C3)c2)c2ccccc2c1. The lowest BCUT2D eigenvalue weighted by molar-refractivity contribution is 0.0947. The molecule has 0 saturated heterocycles. The molecule has 0 aromatic heterocycles. The lowest BCUT2D eigenvalue weighted by Crippen LogP contribution is -2.37. The average molecular weight is 436 g/mol. The number of hydrogen-bond acceptors (Lipinski definition) is 3. The quantitative estimate of drug-likeness (QED) is 0.410. The first-order valence-electron chi connectivity index (χ1n) is 11.6. The van der Waals surface area contributed by atoms with E-state index in [9.17, 15) is 4.79 Å². The zero-order valence-electron chi connectivity index (χ0n) is 19.0. The van der Waals surface area contributed by atoms with Gasteiger partial charge in [0.15, 0.2) is 0 Å². The summed E-state index contributed by atoms with van der Waals surface area (Å²) >= 11 is 0. The number of amides is 1. The third kappa shape index (κ3) is 4.91. The first kappa shape index (κ1) is 21.2. The molecular formula is C29H29N3O. The number of aryl methyl sites for hydroxylation is 1. The first-order valence-corrected chi connectivity index (χ1v) is 11.6. The van der Waals surface area contributed by atoms with Crippen LogP contribution in [0.3, 0.4) is 0 Å². The molecule has 4 aromatic carbocycles. The Hall–Kier alpha value is -3.63. The van der Waals surface area contributed by atoms with Crippen LogP contribution < -0.4 is 10.6 Å². The van der Waals surface area contributed by atoms with Gasteiger partial charge < -0.3 is 10.6 Å². The molecule has 0 saturated carbocycles. The van der Waals surface area contributed by atoms with E-state index in [0.717, 1.165) is 37.4 Å². The van der Waals surface area contributed by atoms with Gasteiger partial charge in [-0.05, 0) is 59.7 Å². The lowest BCUT2D eigenvalue weighted by Gasteiger charge is -2.28. The van der Waals surface area contributed by atoms with Crippen molar-refractivity contribution in [1.82, 2.24) is 10.2 Å². The number of rotatable bonds is 6. The van der Waals surface area contributed by atoms with Crippen LogP contribution in [0.15, 0.2) is 84.9 Å². The Morgan fingerprint density at radius 1 is 0.909 bits per heavy atom. The second-order valence-electron chi connectivity index (χ2n) is 8.79. The van der Waals surface area contributed by atoms with Crippen LogP contribution in [0.25, 0.3) is 10.8 Å². The topological polar surface area (TPSA) is 44.4 Å². The van der Waals surface area contributed by atoms with E-state index in [1.165, 1.54) is 27.5 Å². The van der Waals surface area contributed by atoms with Crippen molar-refractivity contribution in [2.45, 2.75) is 19.9 Å². The highest BCUT2D eigenvalue weighted by atomic mass is 16.1. The lowest BCUT2D eigenvalue weighted by atomic mass is 10.00. The maximum absolute atomic E-state index is 12.8. The van der Waals surface area contributed by atoms with Crippen LogP contribution in [0.4, 0.5) is 11.4 Å². The Balaban J connectivity index is 1.21. The molecule has 2 N–H and O–H groups in total. The van der Waals surface area contributed by atoms with E-state index < -0.39 is 0 Å². The Morgan fingerprint density at radius 2 is 1.73 bits per heavy atom. The summed E-state index contributed by atoms with van der Waals surface area (Å²) in [4.78, 5) is 15.2. The Kier molecular flexibility index (Phi) is 6.09. The molecule has 1 heterocycles. The van der Waals surface area contributed by atoms with Gasteiger partial charge in [0.25, 0.3) is 5.91 Å². The van der Waals surface area contributed by atoms with Crippen molar-refractivity contribution >= 4 is 28.1 Å². The normalized spacial score (nSPS) is 13.5. The number of carbonyl (C=O) groups excluding carboxylic acids is 1. The molecule has 0 unspecified atom stereocenters. The minimum Gasteiger partial charge on any atom is -0.355 e. The summed E-state index contributed by atoms with van der Waals surface area (Å²) in [5.74, 6) is -0.0369. The summed E-state index contributed by atoms with van der Waals surface area (Å²) in [6.45, 7) is 5.59. The van der Waals surface area contributed by atoms with E-state index in [-0.39, 0.29) is 5.91 Å². The van der Waals surface area contributed by atoms with E-state index in [1.807, 2.05) is 30.3 Å². The highest BCUT2D eigenvalue weighted by Crippen LogP contribution is 2.28. The summed E-state index contributed by atoms with van der Waals surface area (Å²) in [6, 6.07) is 29.0. The van der Waals surface area contributed by atoms with E-state index in [4.69, 9.17) is 0 Å². The fourth-order valence-electron chi connectivity index (χ4n) is 4.63. The van der Waals surface area contributed by atoms with E-state index >= 15 is 0 Å². The summed E-state index contributed by atoms with van der Waals surface area (Å²) in [6.07, 6.45) is 1.07. The van der Waals surface area contributed by atoms with Crippen molar-refractivity contribution in [1.29, 1.82) is 0 Å². The molecule has 166 valence electrons. The predicted octanol–water partition coefficient (Wildman–Crippen LogP) is 5.68. The van der Waals surface area contributed by atoms with Gasteiger partial charge in [0.2, 0.25) is 0 Å². The monoisotopic (exact) mass is 435 g/mol. The zero-order chi connectivity index (χ0) is 22.6. The molecule has 1 aliphatic rings. The number of fused-ring (bicyclic) bond motifs is 2. The fourth-order valence-corrected chi connectivity index (χ4v) is 4.63. The Morgan fingerprint density at radius 3 is 2.64 bits per heavy atom. The summed E-state index contributed by atoms with van der Waals surface area (Å²) < 4.78 is 0. The van der Waals surface area contributed by atoms with Crippen molar-refractivity contribution in [2.75, 3.05) is 25.0 Å². The van der Waals surface area contributed by atoms with Crippen LogP contribution in [-0.4, -0.2) is 30.4 Å². The average Bonchev–Trinajstić information content (AvgIpc) is 2.84. The van der Waals surface area contributed by atoms with Crippen molar-refractivity contribution in [3.05, 3.63) is 107 Å². The van der Waals surface area contributed by atoms with Gasteiger partial charge in [-0.15, -0.1) is 0 Å². The highest BCUT2D eigenvalue weighted by Gasteiger charge is 2.15. The van der Waals surface area contributed by atoms with E-state index in [2.05, 4.69) is 77.1 Å². The molecule has 0 spiro atoms. The van der Waals surface area contributed by atoms with Crippen LogP contribution in [0.2, 0.25) is 0 Å². The van der Waals surface area contributed by atoms with E-state index in [1.54, 1.807) is 0 Å². The van der Waals surface area contributed by atoms with Crippen LogP contribution in [0.5, 0.6) is 0 Å². The minimum absolute atomic E-state index is 0.0369. The van der Waals surface area contributed by atoms with Gasteiger partial charge >= 0.3 is 0 Å². The molecule has 0 fully saturated rings. The smallest absolute Gasteiger partial charge is 0.251 e. The molecule has 4 aromatic rings. The Labute approximate surface area is 195 Å². The van der Waals surface area contributed by atoms with Crippen LogP contribution >= 0.6 is 0 Å². The number of nitrogens with one attached hydrogen (secondary N) is 2. The molecular weight excluding hydrogens is 406 g/mol. The summed E-state index contributed by atoms with van der Waals surface area (Å²) in [5, 5.41) is 8.97. The maximum atomic E-state index is 12.8. The number of benzene rings is 4. The number of anilines is 2. The molecule has 4 nitrogen and oxygen atoms in total. The van der Waals surface area contributed by atoms with Crippen LogP contribution in [0, 0.1) is 6.92 Å². The number of nitrogens with zero attached hydrogens (tertiary/aromatic N) is 1. The van der Waals surface area contributed by atoms with Gasteiger partial charge in [-0.2, -0.15) is 0 Å². The standard InChI is InChI=1S/C29H29N3O/c1-21-17-23-8-4-5-12-27(23)28(18-21)31-26-11-6-10-24(19-26)29(33)30-14-16-32-15-13-22-7-2-3-9-25(22)20-32/h2-12,17-19,31H,13-16,20H2,1H3,(H,30,33). The van der Waals surface area contributed by atoms with Crippen molar-refractivity contribution in [2.24, 2.45) is 0 Å². The fraction of sp³-hybridized carbons (Fsp3) is 0.207.